The van der Waals surface area contributed by atoms with Gasteiger partial charge in [0.25, 0.3) is 0 Å². The monoisotopic (exact) mass is 472 g/mol. The van der Waals surface area contributed by atoms with Crippen LogP contribution >= 0.6 is 11.9 Å². The van der Waals surface area contributed by atoms with Gasteiger partial charge in [-0.25, -0.2) is 22.4 Å². The fourth-order valence-corrected chi connectivity index (χ4v) is 4.08. The highest BCUT2D eigenvalue weighted by Gasteiger charge is 2.34. The van der Waals surface area contributed by atoms with Crippen LogP contribution in [0.5, 0.6) is 0 Å². The van der Waals surface area contributed by atoms with Crippen molar-refractivity contribution in [3.05, 3.63) is 58.2 Å². The molecule has 0 bridgehead atoms. The van der Waals surface area contributed by atoms with E-state index >= 15 is 0 Å². The Labute approximate surface area is 185 Å². The molecule has 0 radical (unpaired) electrons. The minimum atomic E-state index is -1.45. The molecule has 0 aliphatic carbocycles. The highest BCUT2D eigenvalue weighted by Crippen LogP contribution is 2.39. The zero-order chi connectivity index (χ0) is 23.6. The molecule has 3 rings (SSSR count). The van der Waals surface area contributed by atoms with Crippen molar-refractivity contribution in [2.45, 2.75) is 38.5 Å². The minimum absolute atomic E-state index is 0.371. The average molecular weight is 472 g/mol. The molecule has 1 aliphatic rings. The molecule has 0 spiro atoms. The largest absolute Gasteiger partial charge is 0.481 e. The third-order valence-corrected chi connectivity index (χ3v) is 5.73. The lowest BCUT2D eigenvalue weighted by atomic mass is 10.0. The molecule has 2 aromatic carbocycles. The van der Waals surface area contributed by atoms with Crippen molar-refractivity contribution in [1.29, 1.82) is 0 Å². The van der Waals surface area contributed by atoms with Crippen LogP contribution in [0.25, 0.3) is 0 Å². The van der Waals surface area contributed by atoms with E-state index in [9.17, 15) is 27.2 Å². The van der Waals surface area contributed by atoms with E-state index in [-0.39, 0.29) is 0 Å². The Morgan fingerprint density at radius 3 is 2.44 bits per heavy atom. The van der Waals surface area contributed by atoms with Crippen molar-refractivity contribution in [2.24, 2.45) is 0 Å². The molecule has 2 aromatic rings. The van der Waals surface area contributed by atoms with Gasteiger partial charge >= 0.3 is 12.1 Å². The van der Waals surface area contributed by atoms with Crippen LogP contribution in [0.3, 0.4) is 0 Å². The molecule has 0 aromatic heterocycles. The number of rotatable bonds is 8. The number of carboxylic acids is 1. The van der Waals surface area contributed by atoms with E-state index in [2.05, 4.69) is 4.72 Å². The summed E-state index contributed by atoms with van der Waals surface area (Å²) in [6.45, 7) is 3.19. The number of carbonyl (C=O) groups is 2. The molecule has 172 valence electrons. The molecule has 0 saturated carbocycles. The Morgan fingerprint density at radius 1 is 1.19 bits per heavy atom. The maximum atomic E-state index is 14.0. The van der Waals surface area contributed by atoms with Crippen LogP contribution in [0.1, 0.15) is 42.6 Å². The van der Waals surface area contributed by atoms with Crippen molar-refractivity contribution < 1.29 is 37.0 Å². The number of benzene rings is 2. The van der Waals surface area contributed by atoms with Gasteiger partial charge in [0, 0.05) is 34.7 Å². The average Bonchev–Trinajstić information content (AvgIpc) is 2.75. The Morgan fingerprint density at radius 2 is 1.84 bits per heavy atom. The van der Waals surface area contributed by atoms with Gasteiger partial charge in [0.15, 0.2) is 23.3 Å². The number of anilines is 2. The summed E-state index contributed by atoms with van der Waals surface area (Å²) in [7, 11) is 0. The number of amides is 1. The lowest BCUT2D eigenvalue weighted by Gasteiger charge is -2.33. The summed E-state index contributed by atoms with van der Waals surface area (Å²) in [5.41, 5.74) is -0.0900. The molecule has 2 N–H and O–H groups in total. The highest BCUT2D eigenvalue weighted by atomic mass is 32.2. The van der Waals surface area contributed by atoms with Gasteiger partial charge in [-0.05, 0) is 43.5 Å². The number of aliphatic carboxylic acids is 1. The summed E-state index contributed by atoms with van der Waals surface area (Å²) < 4.78 is 63.7. The Balaban J connectivity index is 1.82. The maximum absolute atomic E-state index is 14.0. The van der Waals surface area contributed by atoms with E-state index in [0.717, 1.165) is 18.9 Å². The van der Waals surface area contributed by atoms with Crippen LogP contribution in [0.2, 0.25) is 0 Å². The first kappa shape index (κ1) is 23.7. The number of cyclic esters (lactones) is 1. The molecule has 32 heavy (non-hydrogen) atoms. The predicted octanol–water partition coefficient (Wildman–Crippen LogP) is 5.69. The standard InChI is InChI=1S/C21H20F4N2O4S/c1-3-6-27-14-5-4-11(7-12(14)15(8-16(28)29)31-21(27)30)26-32-9-13-19(24)17(22)10(2)18(23)20(13)25/h4-5,7,15,26H,3,6,8-9H2,1-2H3,(H,28,29). The first-order valence-electron chi connectivity index (χ1n) is 9.68. The van der Waals surface area contributed by atoms with Gasteiger partial charge in [-0.2, -0.15) is 0 Å². The van der Waals surface area contributed by atoms with Gasteiger partial charge in [-0.3, -0.25) is 9.69 Å². The normalized spacial score (nSPS) is 15.4. The maximum Gasteiger partial charge on any atom is 0.414 e. The minimum Gasteiger partial charge on any atom is -0.481 e. The smallest absolute Gasteiger partial charge is 0.414 e. The predicted molar refractivity (Wildman–Crippen MR) is 111 cm³/mol. The summed E-state index contributed by atoms with van der Waals surface area (Å²) in [6, 6.07) is 4.76. The molecule has 1 aliphatic heterocycles. The van der Waals surface area contributed by atoms with Crippen LogP contribution in [-0.2, 0) is 15.3 Å². The Hall–Kier alpha value is -2.95. The molecule has 1 atom stereocenters. The zero-order valence-electron chi connectivity index (χ0n) is 17.2. The molecular weight excluding hydrogens is 452 g/mol. The highest BCUT2D eigenvalue weighted by molar-refractivity contribution is 7.99. The van der Waals surface area contributed by atoms with E-state index in [1.54, 1.807) is 18.2 Å². The lowest BCUT2D eigenvalue weighted by molar-refractivity contribution is -0.139. The molecule has 1 amide bonds. The van der Waals surface area contributed by atoms with E-state index in [1.807, 2.05) is 6.92 Å². The van der Waals surface area contributed by atoms with Crippen molar-refractivity contribution >= 4 is 35.4 Å². The van der Waals surface area contributed by atoms with Gasteiger partial charge in [0.05, 0.1) is 12.1 Å². The van der Waals surface area contributed by atoms with E-state index < -0.39 is 64.7 Å². The summed E-state index contributed by atoms with van der Waals surface area (Å²) >= 11 is 0.787. The SMILES string of the molecule is CCCN1C(=O)OC(CC(=O)O)c2cc(NSCc3c(F)c(F)c(C)c(F)c3F)ccc21. The number of carbonyl (C=O) groups excluding carboxylic acids is 1. The molecule has 6 nitrogen and oxygen atoms in total. The van der Waals surface area contributed by atoms with Crippen molar-refractivity contribution in [2.75, 3.05) is 16.2 Å². The molecule has 0 fully saturated rings. The Bertz CT molecular complexity index is 1040. The summed E-state index contributed by atoms with van der Waals surface area (Å²) in [6.07, 6.45) is -1.44. The molecule has 11 heteroatoms. The third kappa shape index (κ3) is 4.62. The fraction of sp³-hybridized carbons (Fsp3) is 0.333. The second kappa shape index (κ2) is 9.68. The molecule has 0 saturated heterocycles. The van der Waals surface area contributed by atoms with Gasteiger partial charge in [-0.15, -0.1) is 0 Å². The van der Waals surface area contributed by atoms with Crippen LogP contribution in [-0.4, -0.2) is 23.7 Å². The van der Waals surface area contributed by atoms with Crippen LogP contribution in [0, 0.1) is 30.2 Å². The Kier molecular flexibility index (Phi) is 7.17. The summed E-state index contributed by atoms with van der Waals surface area (Å²) in [5, 5.41) is 9.14. The molecule has 1 heterocycles. The van der Waals surface area contributed by atoms with Gasteiger partial charge in [0.2, 0.25) is 0 Å². The van der Waals surface area contributed by atoms with E-state index in [4.69, 9.17) is 9.84 Å². The van der Waals surface area contributed by atoms with E-state index in [1.165, 1.54) is 4.90 Å². The number of fused-ring (bicyclic) bond motifs is 1. The zero-order valence-corrected chi connectivity index (χ0v) is 18.0. The second-order valence-corrected chi connectivity index (χ2v) is 7.93. The third-order valence-electron chi connectivity index (χ3n) is 4.92. The second-order valence-electron chi connectivity index (χ2n) is 7.15. The van der Waals surface area contributed by atoms with E-state index in [0.29, 0.717) is 29.9 Å². The quantitative estimate of drug-likeness (QED) is 0.292. The number of halogens is 4. The van der Waals surface area contributed by atoms with Crippen LogP contribution in [0.4, 0.5) is 33.7 Å². The number of nitrogens with one attached hydrogen (secondary N) is 1. The number of carboxylic acid groups (broad SMARTS) is 1. The fourth-order valence-electron chi connectivity index (χ4n) is 3.32. The van der Waals surface area contributed by atoms with Crippen molar-refractivity contribution in [1.82, 2.24) is 0 Å². The van der Waals surface area contributed by atoms with Gasteiger partial charge in [-0.1, -0.05) is 6.92 Å². The molecule has 1 unspecified atom stereocenters. The number of nitrogens with zero attached hydrogens (tertiary/aromatic N) is 1. The first-order valence-corrected chi connectivity index (χ1v) is 10.7. The topological polar surface area (TPSA) is 78.9 Å². The molecular formula is C21H20F4N2O4S. The number of ether oxygens (including phenoxy) is 1. The van der Waals surface area contributed by atoms with Gasteiger partial charge < -0.3 is 14.6 Å². The number of hydrogen-bond donors (Lipinski definition) is 2. The van der Waals surface area contributed by atoms with Crippen LogP contribution in [0.15, 0.2) is 18.2 Å². The van der Waals surface area contributed by atoms with Crippen molar-refractivity contribution in [3.8, 4) is 0 Å². The van der Waals surface area contributed by atoms with Crippen LogP contribution < -0.4 is 9.62 Å². The number of hydrogen-bond acceptors (Lipinski definition) is 5. The van der Waals surface area contributed by atoms with Gasteiger partial charge in [0.1, 0.15) is 6.10 Å². The summed E-state index contributed by atoms with van der Waals surface area (Å²) in [4.78, 5) is 24.8. The van der Waals surface area contributed by atoms with Crippen molar-refractivity contribution in [3.63, 3.8) is 0 Å². The first-order chi connectivity index (χ1) is 15.1. The lowest BCUT2D eigenvalue weighted by Crippen LogP contribution is -2.38. The summed E-state index contributed by atoms with van der Waals surface area (Å²) in [5.74, 6) is -7.36.